The molecule has 4 heteroatoms. The standard InChI is InChI=1S/C13H18N2OS/c1-9-4-3-5-10(2)13(9)15-7-11(6-14)17-8-12(15)16/h3-5,11H,6-8,14H2,1-2H3. The largest absolute Gasteiger partial charge is 0.329 e. The Balaban J connectivity index is 2.34. The summed E-state index contributed by atoms with van der Waals surface area (Å²) in [5.74, 6) is 0.729. The van der Waals surface area contributed by atoms with Crippen LogP contribution in [0.2, 0.25) is 0 Å². The second-order valence-electron chi connectivity index (χ2n) is 4.41. The first-order valence-electron chi connectivity index (χ1n) is 5.81. The van der Waals surface area contributed by atoms with Crippen molar-refractivity contribution < 1.29 is 4.79 Å². The quantitative estimate of drug-likeness (QED) is 0.869. The van der Waals surface area contributed by atoms with Crippen molar-refractivity contribution in [3.63, 3.8) is 0 Å². The van der Waals surface area contributed by atoms with Crippen LogP contribution in [0.4, 0.5) is 5.69 Å². The van der Waals surface area contributed by atoms with Crippen LogP contribution >= 0.6 is 11.8 Å². The smallest absolute Gasteiger partial charge is 0.237 e. The van der Waals surface area contributed by atoms with Gasteiger partial charge in [0, 0.05) is 24.0 Å². The number of nitrogens with zero attached hydrogens (tertiary/aromatic N) is 1. The SMILES string of the molecule is Cc1cccc(C)c1N1CC(CN)SCC1=O. The Kier molecular flexibility index (Phi) is 3.74. The number of aryl methyl sites for hydroxylation is 2. The van der Waals surface area contributed by atoms with E-state index in [9.17, 15) is 4.79 Å². The zero-order valence-electron chi connectivity index (χ0n) is 10.3. The van der Waals surface area contributed by atoms with Gasteiger partial charge in [0.2, 0.25) is 5.91 Å². The minimum atomic E-state index is 0.192. The predicted molar refractivity (Wildman–Crippen MR) is 73.6 cm³/mol. The second-order valence-corrected chi connectivity index (χ2v) is 5.70. The molecule has 92 valence electrons. The van der Waals surface area contributed by atoms with Crippen LogP contribution in [-0.2, 0) is 4.79 Å². The number of para-hydroxylation sites is 1. The first-order chi connectivity index (χ1) is 8.13. The highest BCUT2D eigenvalue weighted by molar-refractivity contribution is 8.00. The maximum atomic E-state index is 12.0. The third-order valence-electron chi connectivity index (χ3n) is 3.10. The molecule has 1 heterocycles. The lowest BCUT2D eigenvalue weighted by Crippen LogP contribution is -2.45. The highest BCUT2D eigenvalue weighted by Gasteiger charge is 2.27. The van der Waals surface area contributed by atoms with Crippen LogP contribution in [0.1, 0.15) is 11.1 Å². The van der Waals surface area contributed by atoms with E-state index < -0.39 is 0 Å². The Labute approximate surface area is 106 Å². The molecule has 1 amide bonds. The minimum Gasteiger partial charge on any atom is -0.329 e. The van der Waals surface area contributed by atoms with E-state index in [1.807, 2.05) is 11.0 Å². The highest BCUT2D eigenvalue weighted by Crippen LogP contribution is 2.29. The molecule has 3 nitrogen and oxygen atoms in total. The third kappa shape index (κ3) is 2.48. The molecule has 0 spiro atoms. The molecule has 2 N–H and O–H groups in total. The van der Waals surface area contributed by atoms with E-state index in [4.69, 9.17) is 5.73 Å². The summed E-state index contributed by atoms with van der Waals surface area (Å²) in [5, 5.41) is 0.353. The molecule has 0 radical (unpaired) electrons. The molecule has 17 heavy (non-hydrogen) atoms. The lowest BCUT2D eigenvalue weighted by Gasteiger charge is -2.33. The number of hydrogen-bond donors (Lipinski definition) is 1. The van der Waals surface area contributed by atoms with Crippen molar-refractivity contribution in [3.8, 4) is 0 Å². The van der Waals surface area contributed by atoms with Gasteiger partial charge in [0.25, 0.3) is 0 Å². The number of amides is 1. The van der Waals surface area contributed by atoms with Gasteiger partial charge in [-0.3, -0.25) is 4.79 Å². The van der Waals surface area contributed by atoms with Crippen molar-refractivity contribution in [2.24, 2.45) is 5.73 Å². The van der Waals surface area contributed by atoms with Crippen LogP contribution in [0.15, 0.2) is 18.2 Å². The van der Waals surface area contributed by atoms with E-state index in [1.54, 1.807) is 11.8 Å². The van der Waals surface area contributed by atoms with Gasteiger partial charge < -0.3 is 10.6 Å². The van der Waals surface area contributed by atoms with Crippen molar-refractivity contribution in [3.05, 3.63) is 29.3 Å². The Hall–Kier alpha value is -1.00. The number of nitrogens with two attached hydrogens (primary N) is 1. The summed E-state index contributed by atoms with van der Waals surface area (Å²) in [6.45, 7) is 5.45. The van der Waals surface area contributed by atoms with Gasteiger partial charge >= 0.3 is 0 Å². The molecular formula is C13H18N2OS. The number of thioether (sulfide) groups is 1. The zero-order valence-corrected chi connectivity index (χ0v) is 11.1. The van der Waals surface area contributed by atoms with Gasteiger partial charge in [-0.1, -0.05) is 18.2 Å². The maximum Gasteiger partial charge on any atom is 0.237 e. The average molecular weight is 250 g/mol. The molecular weight excluding hydrogens is 232 g/mol. The number of carbonyl (C=O) groups excluding carboxylic acids is 1. The first kappa shape index (κ1) is 12.5. The monoisotopic (exact) mass is 250 g/mol. The molecule has 0 aliphatic carbocycles. The first-order valence-corrected chi connectivity index (χ1v) is 6.86. The fraction of sp³-hybridized carbons (Fsp3) is 0.462. The van der Waals surface area contributed by atoms with E-state index in [0.29, 0.717) is 17.5 Å². The van der Waals surface area contributed by atoms with E-state index in [0.717, 1.165) is 23.4 Å². The molecule has 1 fully saturated rings. The molecule has 0 bridgehead atoms. The zero-order chi connectivity index (χ0) is 12.4. The van der Waals surface area contributed by atoms with Crippen molar-refractivity contribution in [1.29, 1.82) is 0 Å². The molecule has 0 saturated carbocycles. The molecule has 2 rings (SSSR count). The Bertz CT molecular complexity index is 413. The molecule has 0 aromatic heterocycles. The lowest BCUT2D eigenvalue weighted by atomic mass is 10.1. The Morgan fingerprint density at radius 2 is 2.06 bits per heavy atom. The number of anilines is 1. The summed E-state index contributed by atoms with van der Waals surface area (Å²) in [5.41, 5.74) is 9.08. The van der Waals surface area contributed by atoms with E-state index in [-0.39, 0.29) is 5.91 Å². The van der Waals surface area contributed by atoms with Gasteiger partial charge in [-0.15, -0.1) is 11.8 Å². The van der Waals surface area contributed by atoms with Crippen LogP contribution in [0.3, 0.4) is 0 Å². The van der Waals surface area contributed by atoms with Crippen LogP contribution < -0.4 is 10.6 Å². The number of rotatable bonds is 2. The van der Waals surface area contributed by atoms with Crippen LogP contribution in [0.5, 0.6) is 0 Å². The third-order valence-corrected chi connectivity index (χ3v) is 4.33. The summed E-state index contributed by atoms with van der Waals surface area (Å²) in [4.78, 5) is 13.9. The van der Waals surface area contributed by atoms with Gasteiger partial charge in [0.05, 0.1) is 5.75 Å². The van der Waals surface area contributed by atoms with Crippen molar-refractivity contribution >= 4 is 23.4 Å². The van der Waals surface area contributed by atoms with E-state index in [2.05, 4.69) is 26.0 Å². The van der Waals surface area contributed by atoms with Gasteiger partial charge in [-0.05, 0) is 25.0 Å². The number of benzene rings is 1. The topological polar surface area (TPSA) is 46.3 Å². The van der Waals surface area contributed by atoms with Gasteiger partial charge in [-0.25, -0.2) is 0 Å². The van der Waals surface area contributed by atoms with Crippen LogP contribution in [-0.4, -0.2) is 30.0 Å². The summed E-state index contributed by atoms with van der Waals surface area (Å²) in [6, 6.07) is 6.13. The fourth-order valence-electron chi connectivity index (χ4n) is 2.22. The second kappa shape index (κ2) is 5.10. The molecule has 1 aromatic rings. The molecule has 1 atom stereocenters. The fourth-order valence-corrected chi connectivity index (χ4v) is 3.14. The summed E-state index contributed by atoms with van der Waals surface area (Å²) in [6.07, 6.45) is 0. The highest BCUT2D eigenvalue weighted by atomic mass is 32.2. The minimum absolute atomic E-state index is 0.192. The molecule has 1 unspecified atom stereocenters. The number of hydrogen-bond acceptors (Lipinski definition) is 3. The lowest BCUT2D eigenvalue weighted by molar-refractivity contribution is -0.116. The van der Waals surface area contributed by atoms with Gasteiger partial charge in [0.15, 0.2) is 0 Å². The Morgan fingerprint density at radius 1 is 1.41 bits per heavy atom. The summed E-state index contributed by atoms with van der Waals surface area (Å²) >= 11 is 1.67. The molecule has 1 saturated heterocycles. The Morgan fingerprint density at radius 3 is 2.65 bits per heavy atom. The van der Waals surface area contributed by atoms with Crippen LogP contribution in [0, 0.1) is 13.8 Å². The summed E-state index contributed by atoms with van der Waals surface area (Å²) < 4.78 is 0. The van der Waals surface area contributed by atoms with E-state index in [1.165, 1.54) is 0 Å². The van der Waals surface area contributed by atoms with Crippen molar-refractivity contribution in [2.75, 3.05) is 23.7 Å². The summed E-state index contributed by atoms with van der Waals surface area (Å²) in [7, 11) is 0. The average Bonchev–Trinajstić information content (AvgIpc) is 2.31. The van der Waals surface area contributed by atoms with Crippen LogP contribution in [0.25, 0.3) is 0 Å². The number of carbonyl (C=O) groups is 1. The van der Waals surface area contributed by atoms with E-state index >= 15 is 0 Å². The van der Waals surface area contributed by atoms with Gasteiger partial charge in [-0.2, -0.15) is 0 Å². The predicted octanol–water partition coefficient (Wildman–Crippen LogP) is 1.71. The van der Waals surface area contributed by atoms with Gasteiger partial charge in [0.1, 0.15) is 0 Å². The van der Waals surface area contributed by atoms with Crippen molar-refractivity contribution in [2.45, 2.75) is 19.1 Å². The molecule has 1 aliphatic heterocycles. The normalized spacial score (nSPS) is 20.8. The molecule has 1 aliphatic rings. The molecule has 1 aromatic carbocycles. The van der Waals surface area contributed by atoms with Crippen molar-refractivity contribution in [1.82, 2.24) is 0 Å². The maximum absolute atomic E-state index is 12.0.